The monoisotopic (exact) mass is 178 g/mol. The third-order valence-electron chi connectivity index (χ3n) is 1.89. The zero-order chi connectivity index (χ0) is 5.11. The Morgan fingerprint density at radius 2 is 1.50 bits per heavy atom. The van der Waals surface area contributed by atoms with E-state index in [4.69, 9.17) is 0 Å². The summed E-state index contributed by atoms with van der Waals surface area (Å²) in [6.07, 6.45) is 7.44. The Kier molecular flexibility index (Phi) is 4.63. The molecular weight excluding hydrogens is 164 g/mol. The van der Waals surface area contributed by atoms with E-state index in [2.05, 4.69) is 6.92 Å². The summed E-state index contributed by atoms with van der Waals surface area (Å²) in [6, 6.07) is 0. The van der Waals surface area contributed by atoms with Gasteiger partial charge in [-0.2, -0.15) is 0 Å². The number of halogens is 1. The van der Waals surface area contributed by atoms with E-state index in [1.807, 2.05) is 0 Å². The zero-order valence-corrected chi connectivity index (χ0v) is 7.23. The minimum absolute atomic E-state index is 0. The lowest BCUT2D eigenvalue weighted by Crippen LogP contribution is -1.99. The average molecular weight is 179 g/mol. The highest BCUT2D eigenvalue weighted by Crippen LogP contribution is 2.21. The summed E-state index contributed by atoms with van der Waals surface area (Å²) in [6.45, 7) is 2.36. The van der Waals surface area contributed by atoms with Crippen molar-refractivity contribution in [3.63, 3.8) is 0 Å². The SMILES string of the molecule is Br.CC1CCCCC1. The van der Waals surface area contributed by atoms with Gasteiger partial charge in [0.1, 0.15) is 0 Å². The molecule has 1 aliphatic rings. The molecule has 0 heterocycles. The first-order valence-corrected chi connectivity index (χ1v) is 3.39. The average Bonchev–Trinajstić information content (AvgIpc) is 1.69. The summed E-state index contributed by atoms with van der Waals surface area (Å²) in [5.74, 6) is 1.04. The van der Waals surface area contributed by atoms with Crippen LogP contribution in [0.5, 0.6) is 0 Å². The minimum atomic E-state index is 0. The minimum Gasteiger partial charge on any atom is -0.114 e. The topological polar surface area (TPSA) is 0 Å². The van der Waals surface area contributed by atoms with Gasteiger partial charge in [0.25, 0.3) is 0 Å². The van der Waals surface area contributed by atoms with Gasteiger partial charge in [0.05, 0.1) is 0 Å². The van der Waals surface area contributed by atoms with Crippen LogP contribution in [0.2, 0.25) is 0 Å². The molecule has 0 aromatic rings. The molecule has 0 unspecified atom stereocenters. The molecule has 0 atom stereocenters. The second-order valence-corrected chi connectivity index (χ2v) is 2.74. The van der Waals surface area contributed by atoms with E-state index in [0.717, 1.165) is 5.92 Å². The second-order valence-electron chi connectivity index (χ2n) is 2.74. The van der Waals surface area contributed by atoms with Crippen LogP contribution < -0.4 is 0 Å². The van der Waals surface area contributed by atoms with Crippen molar-refractivity contribution in [1.29, 1.82) is 0 Å². The highest BCUT2D eigenvalue weighted by Gasteiger charge is 2.05. The number of hydrogen-bond acceptors (Lipinski definition) is 0. The Labute approximate surface area is 62.4 Å². The van der Waals surface area contributed by atoms with Crippen molar-refractivity contribution in [2.24, 2.45) is 5.92 Å². The van der Waals surface area contributed by atoms with Gasteiger partial charge in [-0.15, -0.1) is 17.0 Å². The largest absolute Gasteiger partial charge is 0.114 e. The lowest BCUT2D eigenvalue weighted by molar-refractivity contribution is 0.385. The molecule has 0 saturated heterocycles. The second kappa shape index (κ2) is 4.37. The normalized spacial score (nSPS) is 22.1. The fourth-order valence-corrected chi connectivity index (χ4v) is 1.31. The summed E-state index contributed by atoms with van der Waals surface area (Å²) in [7, 11) is 0. The van der Waals surface area contributed by atoms with Gasteiger partial charge in [-0.05, 0) is 5.92 Å². The Morgan fingerprint density at radius 3 is 1.75 bits per heavy atom. The lowest BCUT2D eigenvalue weighted by Gasteiger charge is -2.15. The van der Waals surface area contributed by atoms with Gasteiger partial charge in [-0.3, -0.25) is 0 Å². The van der Waals surface area contributed by atoms with E-state index in [9.17, 15) is 0 Å². The predicted octanol–water partition coefficient (Wildman–Crippen LogP) is 3.16. The zero-order valence-electron chi connectivity index (χ0n) is 5.52. The molecule has 0 nitrogen and oxygen atoms in total. The molecular formula is C7H15Br. The molecule has 1 saturated carbocycles. The van der Waals surface area contributed by atoms with E-state index in [-0.39, 0.29) is 17.0 Å². The van der Waals surface area contributed by atoms with E-state index in [1.54, 1.807) is 0 Å². The molecule has 8 heavy (non-hydrogen) atoms. The molecule has 50 valence electrons. The molecule has 0 radical (unpaired) electrons. The summed E-state index contributed by atoms with van der Waals surface area (Å²) in [4.78, 5) is 0. The smallest absolute Gasteiger partial charge is 0.0443 e. The molecule has 0 aliphatic heterocycles. The van der Waals surface area contributed by atoms with E-state index in [0.29, 0.717) is 0 Å². The Bertz CT molecular complexity index is 46.3. The first kappa shape index (κ1) is 8.48. The summed E-state index contributed by atoms with van der Waals surface area (Å²) in [5, 5.41) is 0. The van der Waals surface area contributed by atoms with Crippen molar-refractivity contribution in [3.8, 4) is 0 Å². The van der Waals surface area contributed by atoms with Crippen molar-refractivity contribution in [3.05, 3.63) is 0 Å². The maximum absolute atomic E-state index is 2.36. The summed E-state index contributed by atoms with van der Waals surface area (Å²) < 4.78 is 0. The van der Waals surface area contributed by atoms with Crippen LogP contribution in [-0.4, -0.2) is 0 Å². The van der Waals surface area contributed by atoms with Crippen LogP contribution in [0.15, 0.2) is 0 Å². The molecule has 0 amide bonds. The third-order valence-corrected chi connectivity index (χ3v) is 1.89. The molecule has 1 rings (SSSR count). The van der Waals surface area contributed by atoms with Crippen LogP contribution in [0.3, 0.4) is 0 Å². The fourth-order valence-electron chi connectivity index (χ4n) is 1.31. The van der Waals surface area contributed by atoms with Gasteiger partial charge in [-0.25, -0.2) is 0 Å². The van der Waals surface area contributed by atoms with Gasteiger partial charge >= 0.3 is 0 Å². The van der Waals surface area contributed by atoms with Gasteiger partial charge in [0.15, 0.2) is 0 Å². The standard InChI is InChI=1S/C7H14.BrH/c1-7-5-3-2-4-6-7;/h7H,2-6H2,1H3;1H. The molecule has 1 fully saturated rings. The van der Waals surface area contributed by atoms with Crippen LogP contribution in [-0.2, 0) is 0 Å². The summed E-state index contributed by atoms with van der Waals surface area (Å²) >= 11 is 0. The van der Waals surface area contributed by atoms with Crippen molar-refractivity contribution in [1.82, 2.24) is 0 Å². The molecule has 0 bridgehead atoms. The van der Waals surface area contributed by atoms with E-state index < -0.39 is 0 Å². The Hall–Kier alpha value is 0.480. The van der Waals surface area contributed by atoms with Gasteiger partial charge < -0.3 is 0 Å². The third kappa shape index (κ3) is 2.71. The van der Waals surface area contributed by atoms with Crippen LogP contribution in [0.1, 0.15) is 39.0 Å². The van der Waals surface area contributed by atoms with Gasteiger partial charge in [0, 0.05) is 0 Å². The van der Waals surface area contributed by atoms with Crippen LogP contribution in [0, 0.1) is 5.92 Å². The van der Waals surface area contributed by atoms with E-state index in [1.165, 1.54) is 32.1 Å². The van der Waals surface area contributed by atoms with Crippen molar-refractivity contribution in [2.75, 3.05) is 0 Å². The highest BCUT2D eigenvalue weighted by molar-refractivity contribution is 8.93. The Morgan fingerprint density at radius 1 is 1.00 bits per heavy atom. The van der Waals surface area contributed by atoms with Crippen molar-refractivity contribution >= 4 is 17.0 Å². The number of rotatable bonds is 0. The Balaban J connectivity index is 0.000000490. The first-order chi connectivity index (χ1) is 3.39. The maximum atomic E-state index is 2.36. The van der Waals surface area contributed by atoms with Crippen LogP contribution in [0.4, 0.5) is 0 Å². The van der Waals surface area contributed by atoms with Crippen molar-refractivity contribution in [2.45, 2.75) is 39.0 Å². The van der Waals surface area contributed by atoms with E-state index >= 15 is 0 Å². The van der Waals surface area contributed by atoms with Crippen molar-refractivity contribution < 1.29 is 0 Å². The summed E-state index contributed by atoms with van der Waals surface area (Å²) in [5.41, 5.74) is 0. The van der Waals surface area contributed by atoms with Gasteiger partial charge in [-0.1, -0.05) is 39.0 Å². The molecule has 1 heteroatoms. The highest BCUT2D eigenvalue weighted by atomic mass is 79.9. The first-order valence-electron chi connectivity index (χ1n) is 3.39. The number of hydrogen-bond donors (Lipinski definition) is 0. The predicted molar refractivity (Wildman–Crippen MR) is 42.6 cm³/mol. The molecule has 0 spiro atoms. The quantitative estimate of drug-likeness (QED) is 0.535. The molecule has 0 N–H and O–H groups in total. The lowest BCUT2D eigenvalue weighted by atomic mass is 9.91. The molecule has 0 aromatic heterocycles. The fraction of sp³-hybridized carbons (Fsp3) is 1.00. The molecule has 0 aromatic carbocycles. The molecule has 1 aliphatic carbocycles. The van der Waals surface area contributed by atoms with Crippen LogP contribution in [0.25, 0.3) is 0 Å². The van der Waals surface area contributed by atoms with Gasteiger partial charge in [0.2, 0.25) is 0 Å². The van der Waals surface area contributed by atoms with Crippen LogP contribution >= 0.6 is 17.0 Å². The maximum Gasteiger partial charge on any atom is -0.0443 e.